The van der Waals surface area contributed by atoms with Gasteiger partial charge in [-0.05, 0) is 67.2 Å². The first kappa shape index (κ1) is 19.2. The highest BCUT2D eigenvalue weighted by molar-refractivity contribution is 4.85. The lowest BCUT2D eigenvalue weighted by Crippen LogP contribution is -2.46. The predicted octanol–water partition coefficient (Wildman–Crippen LogP) is 3.63. The van der Waals surface area contributed by atoms with Crippen LogP contribution in [0.4, 0.5) is 0 Å². The van der Waals surface area contributed by atoms with Crippen LogP contribution >= 0.6 is 0 Å². The van der Waals surface area contributed by atoms with Crippen LogP contribution in [0.15, 0.2) is 0 Å². The summed E-state index contributed by atoms with van der Waals surface area (Å²) in [7, 11) is 0. The van der Waals surface area contributed by atoms with Gasteiger partial charge in [-0.15, -0.1) is 0 Å². The molecule has 0 N–H and O–H groups in total. The van der Waals surface area contributed by atoms with E-state index in [9.17, 15) is 0 Å². The van der Waals surface area contributed by atoms with Crippen LogP contribution in [0.3, 0.4) is 0 Å². The Kier molecular flexibility index (Phi) is 6.51. The zero-order valence-electron chi connectivity index (χ0n) is 16.1. The number of hydrogen-bond donors (Lipinski definition) is 0. The van der Waals surface area contributed by atoms with Crippen molar-refractivity contribution in [3.8, 4) is 0 Å². The second-order valence-corrected chi connectivity index (χ2v) is 9.08. The third kappa shape index (κ3) is 7.51. The number of rotatable bonds is 6. The predicted molar refractivity (Wildman–Crippen MR) is 93.9 cm³/mol. The van der Waals surface area contributed by atoms with Gasteiger partial charge in [-0.25, -0.2) is 0 Å². The van der Waals surface area contributed by atoms with Gasteiger partial charge in [0.1, 0.15) is 0 Å². The first-order valence-electron chi connectivity index (χ1n) is 9.30. The molecule has 23 heavy (non-hydrogen) atoms. The summed E-state index contributed by atoms with van der Waals surface area (Å²) >= 11 is 0. The van der Waals surface area contributed by atoms with Gasteiger partial charge in [0.15, 0.2) is 0 Å². The molecule has 2 aliphatic rings. The highest BCUT2D eigenvalue weighted by Gasteiger charge is 2.35. The number of hydrogen-bond acceptors (Lipinski definition) is 4. The Morgan fingerprint density at radius 3 is 1.96 bits per heavy atom. The number of likely N-dealkylation sites (tertiary alicyclic amines) is 1. The molecule has 0 radical (unpaired) electrons. The molecule has 4 heteroatoms. The molecule has 0 unspecified atom stereocenters. The molecular weight excluding hydrogens is 290 g/mol. The average molecular weight is 328 g/mol. The van der Waals surface area contributed by atoms with E-state index in [0.717, 1.165) is 51.9 Å². The van der Waals surface area contributed by atoms with E-state index in [4.69, 9.17) is 14.2 Å². The van der Waals surface area contributed by atoms with Crippen molar-refractivity contribution in [2.75, 3.05) is 26.2 Å². The molecule has 0 amide bonds. The van der Waals surface area contributed by atoms with Gasteiger partial charge < -0.3 is 19.1 Å². The minimum Gasteiger partial charge on any atom is -0.375 e. The van der Waals surface area contributed by atoms with Crippen LogP contribution in [0.2, 0.25) is 0 Å². The fourth-order valence-corrected chi connectivity index (χ4v) is 3.25. The van der Waals surface area contributed by atoms with Crippen molar-refractivity contribution in [2.45, 2.75) is 96.7 Å². The summed E-state index contributed by atoms with van der Waals surface area (Å²) in [6, 6.07) is 0. The third-order valence-corrected chi connectivity index (χ3v) is 4.43. The van der Waals surface area contributed by atoms with Crippen LogP contribution < -0.4 is 0 Å². The topological polar surface area (TPSA) is 30.9 Å². The molecule has 0 bridgehead atoms. The summed E-state index contributed by atoms with van der Waals surface area (Å²) in [4.78, 5) is 2.50. The van der Waals surface area contributed by atoms with Gasteiger partial charge in [0, 0.05) is 19.6 Å². The zero-order valence-corrected chi connectivity index (χ0v) is 16.1. The van der Waals surface area contributed by atoms with Crippen LogP contribution in [0.5, 0.6) is 0 Å². The fraction of sp³-hybridized carbons (Fsp3) is 1.00. The molecule has 0 aromatic carbocycles. The van der Waals surface area contributed by atoms with Crippen molar-refractivity contribution in [1.29, 1.82) is 0 Å². The van der Waals surface area contributed by atoms with E-state index in [-0.39, 0.29) is 11.2 Å². The van der Waals surface area contributed by atoms with E-state index in [1.54, 1.807) is 0 Å². The van der Waals surface area contributed by atoms with Gasteiger partial charge in [-0.3, -0.25) is 0 Å². The van der Waals surface area contributed by atoms with Crippen molar-refractivity contribution in [2.24, 2.45) is 0 Å². The fourth-order valence-electron chi connectivity index (χ4n) is 3.25. The van der Waals surface area contributed by atoms with Crippen molar-refractivity contribution in [1.82, 2.24) is 4.90 Å². The van der Waals surface area contributed by atoms with Gasteiger partial charge in [0.05, 0.1) is 36.1 Å². The van der Waals surface area contributed by atoms with Crippen molar-refractivity contribution in [3.63, 3.8) is 0 Å². The van der Waals surface area contributed by atoms with Crippen LogP contribution in [0.1, 0.15) is 67.2 Å². The van der Waals surface area contributed by atoms with Crippen molar-refractivity contribution < 1.29 is 14.2 Å². The van der Waals surface area contributed by atoms with Gasteiger partial charge >= 0.3 is 0 Å². The maximum absolute atomic E-state index is 6.24. The smallest absolute Gasteiger partial charge is 0.0631 e. The Hall–Kier alpha value is -0.160. The molecule has 1 aliphatic carbocycles. The zero-order chi connectivity index (χ0) is 17.1. The first-order chi connectivity index (χ1) is 10.6. The SMILES string of the molecule is CC(C)(C)OCCN1CCC(O[C@H]2C[C@H](OC(C)(C)C)C2)CC1. The molecule has 136 valence electrons. The number of ether oxygens (including phenoxy) is 3. The summed E-state index contributed by atoms with van der Waals surface area (Å²) in [5, 5.41) is 0. The molecule has 1 saturated heterocycles. The Bertz CT molecular complexity index is 345. The maximum atomic E-state index is 6.24. The lowest BCUT2D eigenvalue weighted by atomic mass is 9.90. The molecule has 0 aromatic rings. The molecular formula is C19H37NO3. The summed E-state index contributed by atoms with van der Waals surface area (Å²) in [5.41, 5.74) is -0.0621. The Morgan fingerprint density at radius 2 is 1.43 bits per heavy atom. The maximum Gasteiger partial charge on any atom is 0.0631 e. The molecule has 0 atom stereocenters. The van der Waals surface area contributed by atoms with Gasteiger partial charge in [-0.1, -0.05) is 0 Å². The Labute approximate surface area is 142 Å². The summed E-state index contributed by atoms with van der Waals surface area (Å²) in [6.45, 7) is 16.8. The molecule has 0 aromatic heterocycles. The van der Waals surface area contributed by atoms with Crippen molar-refractivity contribution >= 4 is 0 Å². The molecule has 0 spiro atoms. The second-order valence-electron chi connectivity index (χ2n) is 9.08. The third-order valence-electron chi connectivity index (χ3n) is 4.43. The van der Waals surface area contributed by atoms with Gasteiger partial charge in [-0.2, -0.15) is 0 Å². The van der Waals surface area contributed by atoms with E-state index in [1.165, 1.54) is 0 Å². The summed E-state index contributed by atoms with van der Waals surface area (Å²) in [5.74, 6) is 0. The monoisotopic (exact) mass is 327 g/mol. The Balaban J connectivity index is 1.54. The molecule has 4 nitrogen and oxygen atoms in total. The minimum atomic E-state index is -0.0316. The van der Waals surface area contributed by atoms with Crippen molar-refractivity contribution in [3.05, 3.63) is 0 Å². The Morgan fingerprint density at radius 1 is 0.826 bits per heavy atom. The highest BCUT2D eigenvalue weighted by atomic mass is 16.5. The largest absolute Gasteiger partial charge is 0.375 e. The second kappa shape index (κ2) is 7.81. The van der Waals surface area contributed by atoms with Crippen LogP contribution in [-0.4, -0.2) is 60.7 Å². The summed E-state index contributed by atoms with van der Waals surface area (Å²) < 4.78 is 18.0. The molecule has 1 saturated carbocycles. The molecule has 2 fully saturated rings. The van der Waals surface area contributed by atoms with E-state index >= 15 is 0 Å². The van der Waals surface area contributed by atoms with Gasteiger partial charge in [0.25, 0.3) is 0 Å². The average Bonchev–Trinajstić information content (AvgIpc) is 2.35. The van der Waals surface area contributed by atoms with Crippen LogP contribution in [0.25, 0.3) is 0 Å². The van der Waals surface area contributed by atoms with E-state index in [2.05, 4.69) is 46.4 Å². The molecule has 1 aliphatic heterocycles. The van der Waals surface area contributed by atoms with Gasteiger partial charge in [0.2, 0.25) is 0 Å². The standard InChI is InChI=1S/C19H37NO3/c1-18(2,3)21-12-11-20-9-7-15(8-10-20)22-16-13-17(14-16)23-19(4,5)6/h15-17H,7-14H2,1-6H3/t16-,17-. The summed E-state index contributed by atoms with van der Waals surface area (Å²) in [6.07, 6.45) is 5.69. The van der Waals surface area contributed by atoms with E-state index in [0.29, 0.717) is 18.3 Å². The minimum absolute atomic E-state index is 0.0304. The first-order valence-corrected chi connectivity index (χ1v) is 9.30. The van der Waals surface area contributed by atoms with Crippen LogP contribution in [-0.2, 0) is 14.2 Å². The lowest BCUT2D eigenvalue weighted by molar-refractivity contribution is -0.168. The normalized spacial score (nSPS) is 27.9. The number of piperidine rings is 1. The highest BCUT2D eigenvalue weighted by Crippen LogP contribution is 2.32. The quantitative estimate of drug-likeness (QED) is 0.745. The molecule has 1 heterocycles. The van der Waals surface area contributed by atoms with Crippen LogP contribution in [0, 0.1) is 0 Å². The number of nitrogens with zero attached hydrogens (tertiary/aromatic N) is 1. The van der Waals surface area contributed by atoms with E-state index < -0.39 is 0 Å². The lowest BCUT2D eigenvalue weighted by Gasteiger charge is -2.42. The van der Waals surface area contributed by atoms with E-state index in [1.807, 2.05) is 0 Å². The molecule has 2 rings (SSSR count).